The summed E-state index contributed by atoms with van der Waals surface area (Å²) in [5.41, 5.74) is 10.2. The van der Waals surface area contributed by atoms with Crippen LogP contribution in [0.4, 0.5) is 5.69 Å². The number of hydrogen-bond donors (Lipinski definition) is 1. The first-order chi connectivity index (χ1) is 11.4. The van der Waals surface area contributed by atoms with Crippen LogP contribution in [0.5, 0.6) is 0 Å². The topological polar surface area (TPSA) is 99.1 Å². The van der Waals surface area contributed by atoms with Gasteiger partial charge in [0, 0.05) is 22.9 Å². The third-order valence-corrected chi connectivity index (χ3v) is 4.98. The van der Waals surface area contributed by atoms with E-state index < -0.39 is 9.84 Å². The van der Waals surface area contributed by atoms with Crippen LogP contribution >= 0.6 is 0 Å². The molecule has 0 spiro atoms. The van der Waals surface area contributed by atoms with Crippen molar-refractivity contribution in [1.82, 2.24) is 9.97 Å². The van der Waals surface area contributed by atoms with Crippen LogP contribution in [0.3, 0.4) is 0 Å². The molecule has 0 atom stereocenters. The van der Waals surface area contributed by atoms with Crippen molar-refractivity contribution >= 4 is 37.5 Å². The summed E-state index contributed by atoms with van der Waals surface area (Å²) in [6.07, 6.45) is 2.56. The van der Waals surface area contributed by atoms with Gasteiger partial charge in [-0.05, 0) is 42.5 Å². The number of hydrogen-bond acceptors (Lipinski definition) is 6. The Morgan fingerprint density at radius 2 is 1.88 bits per heavy atom. The fraction of sp³-hybridized carbons (Fsp3) is 0.0588. The average Bonchev–Trinajstić information content (AvgIpc) is 3.01. The minimum atomic E-state index is -3.29. The number of fused-ring (bicyclic) bond motifs is 2. The first-order valence-corrected chi connectivity index (χ1v) is 9.05. The van der Waals surface area contributed by atoms with Crippen molar-refractivity contribution in [2.45, 2.75) is 4.90 Å². The van der Waals surface area contributed by atoms with Gasteiger partial charge in [-0.3, -0.25) is 0 Å². The van der Waals surface area contributed by atoms with Crippen LogP contribution < -0.4 is 5.73 Å². The molecule has 0 radical (unpaired) electrons. The fourth-order valence-corrected chi connectivity index (χ4v) is 3.27. The van der Waals surface area contributed by atoms with E-state index in [9.17, 15) is 8.42 Å². The second-order valence-electron chi connectivity index (χ2n) is 5.58. The summed E-state index contributed by atoms with van der Waals surface area (Å²) in [5.74, 6) is 0. The molecule has 0 fully saturated rings. The molecule has 2 aromatic heterocycles. The van der Waals surface area contributed by atoms with E-state index in [1.807, 2.05) is 18.2 Å². The Morgan fingerprint density at radius 1 is 1.04 bits per heavy atom. The molecular formula is C17H13N3O3S. The zero-order valence-corrected chi connectivity index (χ0v) is 13.5. The van der Waals surface area contributed by atoms with Crippen LogP contribution in [-0.4, -0.2) is 24.6 Å². The molecule has 2 aromatic carbocycles. The monoisotopic (exact) mass is 339 g/mol. The zero-order valence-electron chi connectivity index (χ0n) is 12.7. The van der Waals surface area contributed by atoms with Crippen molar-refractivity contribution < 1.29 is 12.8 Å². The number of nitrogens with zero attached hydrogens (tertiary/aromatic N) is 2. The smallest absolute Gasteiger partial charge is 0.181 e. The molecule has 2 heterocycles. The molecule has 7 heteroatoms. The molecule has 0 unspecified atom stereocenters. The molecule has 24 heavy (non-hydrogen) atoms. The maximum atomic E-state index is 11.7. The quantitative estimate of drug-likeness (QED) is 0.602. The van der Waals surface area contributed by atoms with E-state index in [4.69, 9.17) is 10.2 Å². The van der Waals surface area contributed by atoms with E-state index in [2.05, 4.69) is 9.97 Å². The van der Waals surface area contributed by atoms with Crippen LogP contribution in [0.25, 0.3) is 33.3 Å². The van der Waals surface area contributed by atoms with E-state index in [1.54, 1.807) is 18.2 Å². The Morgan fingerprint density at radius 3 is 2.67 bits per heavy atom. The lowest BCUT2D eigenvalue weighted by molar-refractivity contribution is 0.601. The highest BCUT2D eigenvalue weighted by molar-refractivity contribution is 7.90. The van der Waals surface area contributed by atoms with E-state index in [-0.39, 0.29) is 4.90 Å². The number of anilines is 1. The van der Waals surface area contributed by atoms with Crippen molar-refractivity contribution in [2.75, 3.05) is 12.0 Å². The molecule has 0 aliphatic heterocycles. The molecule has 0 aliphatic carbocycles. The van der Waals surface area contributed by atoms with Crippen molar-refractivity contribution in [3.05, 3.63) is 48.9 Å². The summed E-state index contributed by atoms with van der Waals surface area (Å²) in [5, 5.41) is 0.615. The molecule has 4 rings (SSSR count). The van der Waals surface area contributed by atoms with Crippen LogP contribution in [-0.2, 0) is 9.84 Å². The highest BCUT2D eigenvalue weighted by Crippen LogP contribution is 2.29. The lowest BCUT2D eigenvalue weighted by Crippen LogP contribution is -1.99. The molecule has 0 saturated heterocycles. The summed E-state index contributed by atoms with van der Waals surface area (Å²) >= 11 is 0. The Kier molecular flexibility index (Phi) is 3.07. The number of pyridine rings is 1. The highest BCUT2D eigenvalue weighted by Gasteiger charge is 2.12. The van der Waals surface area contributed by atoms with Gasteiger partial charge in [0.05, 0.1) is 16.1 Å². The molecule has 0 aliphatic rings. The van der Waals surface area contributed by atoms with Gasteiger partial charge in [-0.1, -0.05) is 0 Å². The number of oxazole rings is 1. The first kappa shape index (κ1) is 14.6. The van der Waals surface area contributed by atoms with Gasteiger partial charge in [-0.2, -0.15) is 0 Å². The third kappa shape index (κ3) is 2.39. The second-order valence-corrected chi connectivity index (χ2v) is 7.60. The summed E-state index contributed by atoms with van der Waals surface area (Å²) in [6.45, 7) is 0. The molecular weight excluding hydrogens is 326 g/mol. The van der Waals surface area contributed by atoms with Crippen molar-refractivity contribution in [2.24, 2.45) is 0 Å². The van der Waals surface area contributed by atoms with Crippen molar-refractivity contribution in [3.63, 3.8) is 0 Å². The van der Waals surface area contributed by atoms with Gasteiger partial charge >= 0.3 is 0 Å². The average molecular weight is 339 g/mol. The normalized spacial score (nSPS) is 12.0. The van der Waals surface area contributed by atoms with Gasteiger partial charge in [-0.15, -0.1) is 0 Å². The van der Waals surface area contributed by atoms with Gasteiger partial charge in [0.25, 0.3) is 0 Å². The van der Waals surface area contributed by atoms with E-state index in [0.29, 0.717) is 27.9 Å². The minimum Gasteiger partial charge on any atom is -0.443 e. The van der Waals surface area contributed by atoms with Gasteiger partial charge in [0.2, 0.25) is 0 Å². The summed E-state index contributed by atoms with van der Waals surface area (Å²) in [4.78, 5) is 8.95. The standard InChI is InChI=1S/C17H13N3O3S/c1-24(21,22)11-3-4-14-12(7-11)13(18)8-15(20-14)10-2-5-17-16(6-10)19-9-23-17/h2-9H,1H3,(H2,18,20). The van der Waals surface area contributed by atoms with E-state index >= 15 is 0 Å². The van der Waals surface area contributed by atoms with E-state index in [1.165, 1.54) is 18.7 Å². The van der Waals surface area contributed by atoms with Crippen LogP contribution in [0.2, 0.25) is 0 Å². The van der Waals surface area contributed by atoms with Crippen molar-refractivity contribution in [3.8, 4) is 11.3 Å². The second kappa shape index (κ2) is 5.04. The minimum absolute atomic E-state index is 0.222. The maximum absolute atomic E-state index is 11.7. The molecule has 120 valence electrons. The van der Waals surface area contributed by atoms with Crippen molar-refractivity contribution in [1.29, 1.82) is 0 Å². The van der Waals surface area contributed by atoms with Gasteiger partial charge in [0.15, 0.2) is 21.8 Å². The van der Waals surface area contributed by atoms with Gasteiger partial charge in [0.1, 0.15) is 5.52 Å². The lowest BCUT2D eigenvalue weighted by atomic mass is 10.1. The molecule has 6 nitrogen and oxygen atoms in total. The van der Waals surface area contributed by atoms with Crippen LogP contribution in [0, 0.1) is 0 Å². The number of nitrogen functional groups attached to an aromatic ring is 1. The SMILES string of the molecule is CS(=O)(=O)c1ccc2nc(-c3ccc4ocnc4c3)cc(N)c2c1. The fourth-order valence-electron chi connectivity index (χ4n) is 2.63. The molecule has 0 amide bonds. The number of nitrogens with two attached hydrogens (primary N) is 1. The first-order valence-electron chi connectivity index (χ1n) is 7.16. The maximum Gasteiger partial charge on any atom is 0.181 e. The summed E-state index contributed by atoms with van der Waals surface area (Å²) in [7, 11) is -3.29. The molecule has 0 saturated carbocycles. The number of benzene rings is 2. The van der Waals surface area contributed by atoms with Gasteiger partial charge in [-0.25, -0.2) is 18.4 Å². The van der Waals surface area contributed by atoms with Crippen LogP contribution in [0.1, 0.15) is 0 Å². The number of sulfone groups is 1. The highest BCUT2D eigenvalue weighted by atomic mass is 32.2. The molecule has 0 bridgehead atoms. The van der Waals surface area contributed by atoms with Gasteiger partial charge < -0.3 is 10.2 Å². The number of aromatic nitrogens is 2. The summed E-state index contributed by atoms with van der Waals surface area (Å²) in [6, 6.07) is 12.1. The predicted molar refractivity (Wildman–Crippen MR) is 92.3 cm³/mol. The Hall–Kier alpha value is -2.93. The Bertz CT molecular complexity index is 1200. The van der Waals surface area contributed by atoms with Crippen LogP contribution in [0.15, 0.2) is 58.2 Å². The predicted octanol–water partition coefficient (Wildman–Crippen LogP) is 3.03. The largest absolute Gasteiger partial charge is 0.443 e. The Balaban J connectivity index is 1.91. The number of rotatable bonds is 2. The molecule has 4 aromatic rings. The zero-order chi connectivity index (χ0) is 16.9. The lowest BCUT2D eigenvalue weighted by Gasteiger charge is -2.08. The van der Waals surface area contributed by atoms with E-state index in [0.717, 1.165) is 11.1 Å². The molecule has 2 N–H and O–H groups in total. The third-order valence-electron chi connectivity index (χ3n) is 3.87. The summed E-state index contributed by atoms with van der Waals surface area (Å²) < 4.78 is 28.6. The Labute approximate surface area is 137 Å².